The van der Waals surface area contributed by atoms with Crippen LogP contribution in [-0.2, 0) is 16.7 Å². The number of fused-ring (bicyclic) bond motifs is 1. The van der Waals surface area contributed by atoms with E-state index in [4.69, 9.17) is 4.74 Å². The van der Waals surface area contributed by atoms with E-state index in [1.54, 1.807) is 10.9 Å². The molecule has 8 heteroatoms. The first-order valence-corrected chi connectivity index (χ1v) is 9.82. The van der Waals surface area contributed by atoms with E-state index >= 15 is 0 Å². The van der Waals surface area contributed by atoms with Crippen LogP contribution < -0.4 is 5.32 Å². The molecule has 3 atom stereocenters. The number of ether oxygens (including phenoxy) is 1. The van der Waals surface area contributed by atoms with E-state index in [1.807, 2.05) is 0 Å². The molecule has 3 N–H and O–H groups in total. The first-order chi connectivity index (χ1) is 13.9. The standard InChI is InChI=1S/C21H27N5O3/c1-21(2,3)14-6-4-13(5-7-14)9-22-19-18-20(24-11-23-19)26(12-25-18)17-8-15(28)16(10-27)29-17/h4-7,11-12,15-17,27-28H,8-10H2,1-3H3,(H,22,23,24)/t15-,16+,17+/m0/s1. The summed E-state index contributed by atoms with van der Waals surface area (Å²) in [5, 5.41) is 22.6. The summed E-state index contributed by atoms with van der Waals surface area (Å²) in [5.74, 6) is 0.644. The number of aliphatic hydroxyl groups excluding tert-OH is 2. The molecular formula is C21H27N5O3. The molecule has 8 nitrogen and oxygen atoms in total. The topological polar surface area (TPSA) is 105 Å². The Labute approximate surface area is 169 Å². The van der Waals surface area contributed by atoms with Crippen molar-refractivity contribution in [1.82, 2.24) is 19.5 Å². The fourth-order valence-electron chi connectivity index (χ4n) is 3.55. The third kappa shape index (κ3) is 3.96. The zero-order chi connectivity index (χ0) is 20.6. The quantitative estimate of drug-likeness (QED) is 0.607. The maximum Gasteiger partial charge on any atom is 0.167 e. The van der Waals surface area contributed by atoms with Gasteiger partial charge in [0, 0.05) is 13.0 Å². The predicted octanol–water partition coefficient (Wildman–Crippen LogP) is 2.38. The zero-order valence-electron chi connectivity index (χ0n) is 16.9. The maximum absolute atomic E-state index is 10.0. The Morgan fingerprint density at radius 2 is 1.93 bits per heavy atom. The summed E-state index contributed by atoms with van der Waals surface area (Å²) < 4.78 is 7.50. The normalized spacial score (nSPS) is 22.3. The summed E-state index contributed by atoms with van der Waals surface area (Å²) in [7, 11) is 0. The number of hydrogen-bond acceptors (Lipinski definition) is 7. The van der Waals surface area contributed by atoms with Gasteiger partial charge in [0.15, 0.2) is 17.0 Å². The molecule has 154 valence electrons. The average Bonchev–Trinajstić information content (AvgIpc) is 3.29. The molecule has 0 unspecified atom stereocenters. The number of anilines is 1. The van der Waals surface area contributed by atoms with E-state index in [0.717, 1.165) is 5.56 Å². The minimum Gasteiger partial charge on any atom is -0.394 e. The summed E-state index contributed by atoms with van der Waals surface area (Å²) in [6, 6.07) is 8.55. The second kappa shape index (κ2) is 7.70. The molecule has 1 fully saturated rings. The first kappa shape index (κ1) is 19.8. The number of imidazole rings is 1. The molecule has 0 radical (unpaired) electrons. The zero-order valence-corrected chi connectivity index (χ0v) is 16.9. The highest BCUT2D eigenvalue weighted by Gasteiger charge is 2.35. The molecule has 29 heavy (non-hydrogen) atoms. The SMILES string of the molecule is CC(C)(C)c1ccc(CNc2ncnc3c2ncn3[C@H]2C[C@H](O)[C@@H](CO)O2)cc1. The molecular weight excluding hydrogens is 370 g/mol. The number of aromatic nitrogens is 4. The van der Waals surface area contributed by atoms with Crippen molar-refractivity contribution >= 4 is 17.0 Å². The number of aliphatic hydroxyl groups is 2. The van der Waals surface area contributed by atoms with Crippen LogP contribution in [0.3, 0.4) is 0 Å². The van der Waals surface area contributed by atoms with Crippen molar-refractivity contribution in [3.8, 4) is 0 Å². The van der Waals surface area contributed by atoms with Gasteiger partial charge in [0.05, 0.1) is 19.0 Å². The highest BCUT2D eigenvalue weighted by molar-refractivity contribution is 5.82. The van der Waals surface area contributed by atoms with Crippen LogP contribution in [-0.4, -0.2) is 48.5 Å². The van der Waals surface area contributed by atoms with Crippen molar-refractivity contribution in [3.63, 3.8) is 0 Å². The van der Waals surface area contributed by atoms with Crippen LogP contribution in [0.15, 0.2) is 36.9 Å². The number of rotatable bonds is 5. The third-order valence-corrected chi connectivity index (χ3v) is 5.33. The monoisotopic (exact) mass is 397 g/mol. The molecule has 1 aromatic carbocycles. The van der Waals surface area contributed by atoms with Crippen LogP contribution in [0.4, 0.5) is 5.82 Å². The Hall–Kier alpha value is -2.55. The van der Waals surface area contributed by atoms with Gasteiger partial charge >= 0.3 is 0 Å². The first-order valence-electron chi connectivity index (χ1n) is 9.82. The van der Waals surface area contributed by atoms with E-state index in [0.29, 0.717) is 29.9 Å². The lowest BCUT2D eigenvalue weighted by atomic mass is 9.87. The van der Waals surface area contributed by atoms with E-state index in [1.165, 1.54) is 11.9 Å². The molecule has 2 aromatic heterocycles. The second-order valence-electron chi connectivity index (χ2n) is 8.46. The lowest BCUT2D eigenvalue weighted by molar-refractivity contribution is -0.0432. The predicted molar refractivity (Wildman–Crippen MR) is 109 cm³/mol. The molecule has 1 saturated heterocycles. The average molecular weight is 397 g/mol. The summed E-state index contributed by atoms with van der Waals surface area (Å²) in [4.78, 5) is 13.1. The molecule has 0 bridgehead atoms. The Bertz CT molecular complexity index is 980. The fourth-order valence-corrected chi connectivity index (χ4v) is 3.55. The molecule has 0 amide bonds. The van der Waals surface area contributed by atoms with Gasteiger partial charge in [-0.1, -0.05) is 45.0 Å². The molecule has 0 saturated carbocycles. The highest BCUT2D eigenvalue weighted by atomic mass is 16.5. The highest BCUT2D eigenvalue weighted by Crippen LogP contribution is 2.31. The van der Waals surface area contributed by atoms with Gasteiger partial charge < -0.3 is 20.3 Å². The van der Waals surface area contributed by atoms with Crippen molar-refractivity contribution in [2.24, 2.45) is 0 Å². The molecule has 1 aliphatic rings. The van der Waals surface area contributed by atoms with Crippen molar-refractivity contribution in [2.45, 2.75) is 57.6 Å². The molecule has 0 spiro atoms. The molecule has 1 aliphatic heterocycles. The van der Waals surface area contributed by atoms with Gasteiger partial charge in [-0.05, 0) is 16.5 Å². The van der Waals surface area contributed by atoms with Crippen molar-refractivity contribution in [1.29, 1.82) is 0 Å². The minimum absolute atomic E-state index is 0.128. The van der Waals surface area contributed by atoms with Crippen LogP contribution in [0.1, 0.15) is 44.5 Å². The summed E-state index contributed by atoms with van der Waals surface area (Å²) >= 11 is 0. The van der Waals surface area contributed by atoms with Crippen molar-refractivity contribution < 1.29 is 14.9 Å². The summed E-state index contributed by atoms with van der Waals surface area (Å²) in [6.45, 7) is 6.99. The minimum atomic E-state index is -0.710. The van der Waals surface area contributed by atoms with Gasteiger partial charge in [0.1, 0.15) is 18.7 Å². The van der Waals surface area contributed by atoms with E-state index in [-0.39, 0.29) is 12.0 Å². The van der Waals surface area contributed by atoms with Crippen LogP contribution >= 0.6 is 0 Å². The van der Waals surface area contributed by atoms with E-state index < -0.39 is 18.4 Å². The number of benzene rings is 1. The largest absolute Gasteiger partial charge is 0.394 e. The van der Waals surface area contributed by atoms with E-state index in [2.05, 4.69) is 65.3 Å². The number of nitrogens with one attached hydrogen (secondary N) is 1. The Balaban J connectivity index is 1.51. The Morgan fingerprint density at radius 1 is 1.17 bits per heavy atom. The van der Waals surface area contributed by atoms with Gasteiger partial charge in [-0.3, -0.25) is 4.57 Å². The van der Waals surface area contributed by atoms with Crippen molar-refractivity contribution in [2.75, 3.05) is 11.9 Å². The molecule has 3 heterocycles. The molecule has 0 aliphatic carbocycles. The molecule has 3 aromatic rings. The van der Waals surface area contributed by atoms with E-state index in [9.17, 15) is 10.2 Å². The maximum atomic E-state index is 10.0. The van der Waals surface area contributed by atoms with Crippen LogP contribution in [0.25, 0.3) is 11.2 Å². The van der Waals surface area contributed by atoms with Crippen LogP contribution in [0, 0.1) is 0 Å². The molecule has 4 rings (SSSR count). The Morgan fingerprint density at radius 3 is 2.59 bits per heavy atom. The second-order valence-corrected chi connectivity index (χ2v) is 8.46. The van der Waals surface area contributed by atoms with Crippen LogP contribution in [0.5, 0.6) is 0 Å². The number of hydrogen-bond donors (Lipinski definition) is 3. The Kier molecular flexibility index (Phi) is 5.24. The van der Waals surface area contributed by atoms with Gasteiger partial charge in [-0.25, -0.2) is 15.0 Å². The van der Waals surface area contributed by atoms with Crippen LogP contribution in [0.2, 0.25) is 0 Å². The lowest BCUT2D eigenvalue weighted by Crippen LogP contribution is -2.24. The van der Waals surface area contributed by atoms with Gasteiger partial charge in [-0.15, -0.1) is 0 Å². The van der Waals surface area contributed by atoms with Crippen molar-refractivity contribution in [3.05, 3.63) is 48.0 Å². The van der Waals surface area contributed by atoms with Gasteiger partial charge in [-0.2, -0.15) is 0 Å². The van der Waals surface area contributed by atoms with Gasteiger partial charge in [0.2, 0.25) is 0 Å². The fraction of sp³-hybridized carbons (Fsp3) is 0.476. The summed E-state index contributed by atoms with van der Waals surface area (Å²) in [6.07, 6.45) is 1.79. The smallest absolute Gasteiger partial charge is 0.167 e. The number of nitrogens with zero attached hydrogens (tertiary/aromatic N) is 4. The van der Waals surface area contributed by atoms with Gasteiger partial charge in [0.25, 0.3) is 0 Å². The summed E-state index contributed by atoms with van der Waals surface area (Å²) in [5.41, 5.74) is 3.84. The third-order valence-electron chi connectivity index (χ3n) is 5.33. The lowest BCUT2D eigenvalue weighted by Gasteiger charge is -2.19.